The maximum atomic E-state index is 11.6. The van der Waals surface area contributed by atoms with E-state index in [1.54, 1.807) is 18.5 Å². The van der Waals surface area contributed by atoms with Gasteiger partial charge in [-0.15, -0.1) is 13.2 Å². The van der Waals surface area contributed by atoms with Crippen molar-refractivity contribution in [1.82, 2.24) is 10.3 Å². The lowest BCUT2D eigenvalue weighted by atomic mass is 10.1. The van der Waals surface area contributed by atoms with Crippen molar-refractivity contribution in [3.05, 3.63) is 30.1 Å². The minimum absolute atomic E-state index is 0.0504. The molecule has 0 saturated heterocycles. The van der Waals surface area contributed by atoms with Crippen LogP contribution in [0.4, 0.5) is 13.2 Å². The summed E-state index contributed by atoms with van der Waals surface area (Å²) in [5, 5.41) is 2.91. The molecule has 0 aromatic carbocycles. The SMILES string of the molecule is C[C@@H](NCCOC(F)(F)F)c1cccnc1. The van der Waals surface area contributed by atoms with Crippen LogP contribution in [0.1, 0.15) is 18.5 Å². The molecule has 0 fully saturated rings. The highest BCUT2D eigenvalue weighted by molar-refractivity contribution is 5.12. The summed E-state index contributed by atoms with van der Waals surface area (Å²) in [6.45, 7) is 1.59. The molecule has 1 aromatic heterocycles. The third-order valence-corrected chi connectivity index (χ3v) is 2.00. The van der Waals surface area contributed by atoms with E-state index in [2.05, 4.69) is 15.0 Å². The Kier molecular flexibility index (Phi) is 4.70. The molecule has 0 saturated carbocycles. The Balaban J connectivity index is 2.24. The van der Waals surface area contributed by atoms with Crippen molar-refractivity contribution < 1.29 is 17.9 Å². The van der Waals surface area contributed by atoms with Crippen molar-refractivity contribution in [2.24, 2.45) is 0 Å². The van der Waals surface area contributed by atoms with Gasteiger partial charge in [-0.3, -0.25) is 9.72 Å². The number of nitrogens with zero attached hydrogens (tertiary/aromatic N) is 1. The Labute approximate surface area is 91.6 Å². The second kappa shape index (κ2) is 5.81. The molecule has 0 aliphatic carbocycles. The van der Waals surface area contributed by atoms with E-state index < -0.39 is 13.0 Å². The number of halogens is 3. The fourth-order valence-corrected chi connectivity index (χ4v) is 1.19. The van der Waals surface area contributed by atoms with Gasteiger partial charge in [-0.05, 0) is 18.6 Å². The fraction of sp³-hybridized carbons (Fsp3) is 0.500. The van der Waals surface area contributed by atoms with Gasteiger partial charge in [-0.2, -0.15) is 0 Å². The zero-order chi connectivity index (χ0) is 12.0. The van der Waals surface area contributed by atoms with E-state index in [0.29, 0.717) is 0 Å². The molecule has 0 unspecified atom stereocenters. The predicted molar refractivity (Wildman–Crippen MR) is 52.7 cm³/mol. The Morgan fingerprint density at radius 2 is 2.25 bits per heavy atom. The third kappa shape index (κ3) is 5.09. The number of alkyl halides is 3. The summed E-state index contributed by atoms with van der Waals surface area (Å²) in [5.74, 6) is 0. The first-order valence-corrected chi connectivity index (χ1v) is 4.83. The van der Waals surface area contributed by atoms with Crippen LogP contribution in [0.15, 0.2) is 24.5 Å². The van der Waals surface area contributed by atoms with Crippen molar-refractivity contribution in [2.45, 2.75) is 19.3 Å². The molecule has 0 amide bonds. The minimum Gasteiger partial charge on any atom is -0.308 e. The number of pyridine rings is 1. The maximum absolute atomic E-state index is 11.6. The van der Waals surface area contributed by atoms with Gasteiger partial charge >= 0.3 is 6.36 Å². The van der Waals surface area contributed by atoms with Crippen LogP contribution in [0, 0.1) is 0 Å². The summed E-state index contributed by atoms with van der Waals surface area (Å²) in [6.07, 6.45) is -1.25. The van der Waals surface area contributed by atoms with Crippen LogP contribution in [-0.4, -0.2) is 24.5 Å². The van der Waals surface area contributed by atoms with Gasteiger partial charge in [-0.1, -0.05) is 6.07 Å². The van der Waals surface area contributed by atoms with E-state index >= 15 is 0 Å². The second-order valence-electron chi connectivity index (χ2n) is 3.26. The standard InChI is InChI=1S/C10H13F3N2O/c1-8(9-3-2-4-14-7-9)15-5-6-16-10(11,12)13/h2-4,7-8,15H,5-6H2,1H3/t8-/m1/s1. The molecule has 1 heterocycles. The van der Waals surface area contributed by atoms with Crippen LogP contribution in [0.5, 0.6) is 0 Å². The van der Waals surface area contributed by atoms with Crippen LogP contribution in [0.3, 0.4) is 0 Å². The van der Waals surface area contributed by atoms with E-state index in [-0.39, 0.29) is 12.6 Å². The van der Waals surface area contributed by atoms with E-state index in [0.717, 1.165) is 5.56 Å². The largest absolute Gasteiger partial charge is 0.522 e. The Morgan fingerprint density at radius 3 is 2.81 bits per heavy atom. The molecule has 0 aliphatic rings. The molecule has 6 heteroatoms. The smallest absolute Gasteiger partial charge is 0.308 e. The summed E-state index contributed by atoms with van der Waals surface area (Å²) in [7, 11) is 0. The molecule has 0 aliphatic heterocycles. The van der Waals surface area contributed by atoms with Gasteiger partial charge < -0.3 is 5.32 Å². The van der Waals surface area contributed by atoms with Crippen molar-refractivity contribution >= 4 is 0 Å². The number of hydrogen-bond donors (Lipinski definition) is 1. The lowest BCUT2D eigenvalue weighted by Gasteiger charge is -2.14. The van der Waals surface area contributed by atoms with Gasteiger partial charge in [0.15, 0.2) is 0 Å². The average molecular weight is 234 g/mol. The highest BCUT2D eigenvalue weighted by atomic mass is 19.4. The topological polar surface area (TPSA) is 34.1 Å². The van der Waals surface area contributed by atoms with Crippen LogP contribution < -0.4 is 5.32 Å². The predicted octanol–water partition coefficient (Wildman–Crippen LogP) is 2.27. The number of ether oxygens (including phenoxy) is 1. The highest BCUT2D eigenvalue weighted by Crippen LogP contribution is 2.15. The minimum atomic E-state index is -4.56. The van der Waals surface area contributed by atoms with E-state index in [1.807, 2.05) is 13.0 Å². The Hall–Kier alpha value is -1.14. The first kappa shape index (κ1) is 12.9. The van der Waals surface area contributed by atoms with E-state index in [9.17, 15) is 13.2 Å². The first-order chi connectivity index (χ1) is 7.49. The van der Waals surface area contributed by atoms with Gasteiger partial charge in [0.25, 0.3) is 0 Å². The highest BCUT2D eigenvalue weighted by Gasteiger charge is 2.28. The lowest BCUT2D eigenvalue weighted by molar-refractivity contribution is -0.323. The van der Waals surface area contributed by atoms with Crippen molar-refractivity contribution in [1.29, 1.82) is 0 Å². The van der Waals surface area contributed by atoms with Crippen LogP contribution in [0.2, 0.25) is 0 Å². The summed E-state index contributed by atoms with van der Waals surface area (Å²) < 4.78 is 38.6. The molecule has 1 aromatic rings. The van der Waals surface area contributed by atoms with Gasteiger partial charge in [-0.25, -0.2) is 0 Å². The average Bonchev–Trinajstić information content (AvgIpc) is 2.24. The molecule has 0 bridgehead atoms. The van der Waals surface area contributed by atoms with Crippen LogP contribution in [-0.2, 0) is 4.74 Å². The second-order valence-corrected chi connectivity index (χ2v) is 3.26. The Morgan fingerprint density at radius 1 is 1.50 bits per heavy atom. The molecule has 1 atom stereocenters. The fourth-order valence-electron chi connectivity index (χ4n) is 1.19. The Bertz CT molecular complexity index is 303. The summed E-state index contributed by atoms with van der Waals surface area (Å²) in [4.78, 5) is 3.92. The molecule has 90 valence electrons. The van der Waals surface area contributed by atoms with Crippen molar-refractivity contribution in [2.75, 3.05) is 13.2 Å². The molecule has 16 heavy (non-hydrogen) atoms. The molecule has 0 radical (unpaired) electrons. The van der Waals surface area contributed by atoms with Crippen LogP contribution >= 0.6 is 0 Å². The molecule has 1 N–H and O–H groups in total. The number of hydrogen-bond acceptors (Lipinski definition) is 3. The summed E-state index contributed by atoms with van der Waals surface area (Å²) in [5.41, 5.74) is 0.925. The third-order valence-electron chi connectivity index (χ3n) is 2.00. The van der Waals surface area contributed by atoms with Gasteiger partial charge in [0.2, 0.25) is 0 Å². The molecule has 3 nitrogen and oxygen atoms in total. The number of rotatable bonds is 5. The molecular weight excluding hydrogens is 221 g/mol. The number of nitrogens with one attached hydrogen (secondary N) is 1. The van der Waals surface area contributed by atoms with Crippen molar-refractivity contribution in [3.63, 3.8) is 0 Å². The zero-order valence-corrected chi connectivity index (χ0v) is 8.79. The monoisotopic (exact) mass is 234 g/mol. The quantitative estimate of drug-likeness (QED) is 0.793. The summed E-state index contributed by atoms with van der Waals surface area (Å²) >= 11 is 0. The number of aromatic nitrogens is 1. The van der Waals surface area contributed by atoms with Crippen molar-refractivity contribution in [3.8, 4) is 0 Å². The van der Waals surface area contributed by atoms with Gasteiger partial charge in [0.1, 0.15) is 0 Å². The van der Waals surface area contributed by atoms with Gasteiger partial charge in [0.05, 0.1) is 6.61 Å². The molecule has 0 spiro atoms. The first-order valence-electron chi connectivity index (χ1n) is 4.83. The van der Waals surface area contributed by atoms with E-state index in [4.69, 9.17) is 0 Å². The van der Waals surface area contributed by atoms with Crippen LogP contribution in [0.25, 0.3) is 0 Å². The molecule has 1 rings (SSSR count). The van der Waals surface area contributed by atoms with E-state index in [1.165, 1.54) is 0 Å². The zero-order valence-electron chi connectivity index (χ0n) is 8.79. The normalized spacial score (nSPS) is 13.8. The summed E-state index contributed by atoms with van der Waals surface area (Å²) in [6, 6.07) is 3.58. The lowest BCUT2D eigenvalue weighted by Crippen LogP contribution is -2.26. The van der Waals surface area contributed by atoms with Gasteiger partial charge in [0, 0.05) is 25.0 Å². The molecular formula is C10H13F3N2O. The maximum Gasteiger partial charge on any atom is 0.522 e.